The Morgan fingerprint density at radius 1 is 0.429 bits per heavy atom. The summed E-state index contributed by atoms with van der Waals surface area (Å²) in [6, 6.07) is 44.8. The molecule has 0 aliphatic rings. The first kappa shape index (κ1) is 24.5. The maximum Gasteiger partial charge on any atom is 0.164 e. The van der Waals surface area contributed by atoms with Crippen LogP contribution < -0.4 is 0 Å². The number of nitrogens with zero attached hydrogens (tertiary/aromatic N) is 3. The Kier molecular flexibility index (Phi) is 5.80. The SMILES string of the molecule is Clc1cccc(-c2nc(-c3ccc(-c4ccccc4)c4ccccc34)nc(-c3cccc4oc5ccccc5c34)n2)c1. The van der Waals surface area contributed by atoms with Gasteiger partial charge in [0.2, 0.25) is 0 Å². The second kappa shape index (κ2) is 9.95. The highest BCUT2D eigenvalue weighted by Crippen LogP contribution is 2.38. The van der Waals surface area contributed by atoms with E-state index in [0.29, 0.717) is 22.5 Å². The van der Waals surface area contributed by atoms with Gasteiger partial charge in [-0.1, -0.05) is 115 Å². The molecule has 0 amide bonds. The smallest absolute Gasteiger partial charge is 0.164 e. The lowest BCUT2D eigenvalue weighted by atomic mass is 9.94. The summed E-state index contributed by atoms with van der Waals surface area (Å²) in [6.45, 7) is 0. The molecule has 5 heteroatoms. The summed E-state index contributed by atoms with van der Waals surface area (Å²) in [5.41, 5.74) is 6.57. The zero-order chi connectivity index (χ0) is 28.0. The fourth-order valence-corrected chi connectivity index (χ4v) is 5.89. The number of rotatable bonds is 4. The van der Waals surface area contributed by atoms with E-state index in [9.17, 15) is 0 Å². The number of aromatic nitrogens is 3. The van der Waals surface area contributed by atoms with Crippen LogP contribution in [-0.2, 0) is 0 Å². The van der Waals surface area contributed by atoms with Gasteiger partial charge in [-0.3, -0.25) is 0 Å². The lowest BCUT2D eigenvalue weighted by Gasteiger charge is -2.13. The number of furan rings is 1. The van der Waals surface area contributed by atoms with Crippen LogP contribution in [0, 0.1) is 0 Å². The van der Waals surface area contributed by atoms with Gasteiger partial charge in [-0.2, -0.15) is 0 Å². The quantitative estimate of drug-likeness (QED) is 0.215. The lowest BCUT2D eigenvalue weighted by molar-refractivity contribution is 0.669. The second-order valence-electron chi connectivity index (χ2n) is 10.2. The van der Waals surface area contributed by atoms with Crippen LogP contribution in [0.5, 0.6) is 0 Å². The van der Waals surface area contributed by atoms with E-state index in [1.165, 1.54) is 0 Å². The molecule has 0 N–H and O–H groups in total. The first-order valence-electron chi connectivity index (χ1n) is 13.7. The van der Waals surface area contributed by atoms with Gasteiger partial charge < -0.3 is 4.42 Å². The Morgan fingerprint density at radius 2 is 1.02 bits per heavy atom. The van der Waals surface area contributed by atoms with Crippen molar-refractivity contribution in [2.24, 2.45) is 0 Å². The molecule has 0 aliphatic carbocycles. The van der Waals surface area contributed by atoms with E-state index < -0.39 is 0 Å². The molecule has 2 aromatic heterocycles. The topological polar surface area (TPSA) is 51.8 Å². The van der Waals surface area contributed by atoms with Crippen LogP contribution in [0.2, 0.25) is 5.02 Å². The van der Waals surface area contributed by atoms with Crippen molar-refractivity contribution in [3.8, 4) is 45.3 Å². The lowest BCUT2D eigenvalue weighted by Crippen LogP contribution is -2.01. The Morgan fingerprint density at radius 3 is 1.83 bits per heavy atom. The Labute approximate surface area is 246 Å². The first-order chi connectivity index (χ1) is 20.7. The van der Waals surface area contributed by atoms with Crippen molar-refractivity contribution >= 4 is 44.3 Å². The molecule has 0 radical (unpaired) electrons. The zero-order valence-electron chi connectivity index (χ0n) is 22.3. The predicted octanol–water partition coefficient (Wildman–Crippen LogP) is 10.2. The molecule has 0 bridgehead atoms. The van der Waals surface area contributed by atoms with Crippen molar-refractivity contribution in [3.63, 3.8) is 0 Å². The third-order valence-electron chi connectivity index (χ3n) is 7.61. The highest BCUT2D eigenvalue weighted by Gasteiger charge is 2.19. The molecule has 0 aliphatic heterocycles. The molecule has 0 saturated heterocycles. The molecule has 42 heavy (non-hydrogen) atoms. The van der Waals surface area contributed by atoms with Crippen molar-refractivity contribution in [3.05, 3.63) is 138 Å². The molecule has 198 valence electrons. The number of hydrogen-bond donors (Lipinski definition) is 0. The molecule has 8 rings (SSSR count). The highest BCUT2D eigenvalue weighted by atomic mass is 35.5. The molecule has 6 aromatic carbocycles. The van der Waals surface area contributed by atoms with Gasteiger partial charge >= 0.3 is 0 Å². The second-order valence-corrected chi connectivity index (χ2v) is 10.6. The Bertz CT molecular complexity index is 2270. The molecular weight excluding hydrogens is 538 g/mol. The zero-order valence-corrected chi connectivity index (χ0v) is 23.1. The van der Waals surface area contributed by atoms with Gasteiger partial charge in [0.1, 0.15) is 11.2 Å². The third kappa shape index (κ3) is 4.12. The number of benzene rings is 6. The number of para-hydroxylation sites is 1. The molecule has 0 fully saturated rings. The number of fused-ring (bicyclic) bond motifs is 4. The summed E-state index contributed by atoms with van der Waals surface area (Å²) in [5.74, 6) is 1.72. The van der Waals surface area contributed by atoms with Crippen LogP contribution in [-0.4, -0.2) is 15.0 Å². The van der Waals surface area contributed by atoms with Crippen LogP contribution in [0.4, 0.5) is 0 Å². The van der Waals surface area contributed by atoms with Gasteiger partial charge in [-0.25, -0.2) is 15.0 Å². The van der Waals surface area contributed by atoms with Crippen LogP contribution in [0.3, 0.4) is 0 Å². The van der Waals surface area contributed by atoms with Crippen molar-refractivity contribution in [2.75, 3.05) is 0 Å². The van der Waals surface area contributed by atoms with Crippen molar-refractivity contribution in [1.29, 1.82) is 0 Å². The average molecular weight is 560 g/mol. The van der Waals surface area contributed by atoms with Gasteiger partial charge in [-0.05, 0) is 52.2 Å². The normalized spacial score (nSPS) is 11.5. The summed E-state index contributed by atoms with van der Waals surface area (Å²) in [4.78, 5) is 15.1. The molecule has 8 aromatic rings. The van der Waals surface area contributed by atoms with Crippen LogP contribution in [0.15, 0.2) is 138 Å². The molecule has 0 spiro atoms. The Balaban J connectivity index is 1.41. The van der Waals surface area contributed by atoms with Crippen molar-refractivity contribution in [1.82, 2.24) is 15.0 Å². The summed E-state index contributed by atoms with van der Waals surface area (Å²) >= 11 is 6.41. The van der Waals surface area contributed by atoms with E-state index in [1.807, 2.05) is 66.7 Å². The van der Waals surface area contributed by atoms with Crippen LogP contribution >= 0.6 is 11.6 Å². The van der Waals surface area contributed by atoms with Crippen molar-refractivity contribution < 1.29 is 4.42 Å². The Hall–Kier alpha value is -5.32. The van der Waals surface area contributed by atoms with E-state index in [4.69, 9.17) is 31.0 Å². The summed E-state index contributed by atoms with van der Waals surface area (Å²) in [7, 11) is 0. The van der Waals surface area contributed by atoms with E-state index in [2.05, 4.69) is 66.7 Å². The molecular formula is C37H22ClN3O. The monoisotopic (exact) mass is 559 g/mol. The molecule has 4 nitrogen and oxygen atoms in total. The molecule has 0 atom stereocenters. The molecule has 2 heterocycles. The fourth-order valence-electron chi connectivity index (χ4n) is 5.70. The van der Waals surface area contributed by atoms with Crippen LogP contribution in [0.25, 0.3) is 78.0 Å². The minimum Gasteiger partial charge on any atom is -0.456 e. The predicted molar refractivity (Wildman–Crippen MR) is 171 cm³/mol. The van der Waals surface area contributed by atoms with Gasteiger partial charge in [0.25, 0.3) is 0 Å². The van der Waals surface area contributed by atoms with Gasteiger partial charge in [0.15, 0.2) is 17.5 Å². The average Bonchev–Trinajstić information content (AvgIpc) is 3.43. The van der Waals surface area contributed by atoms with Gasteiger partial charge in [0, 0.05) is 32.5 Å². The standard InChI is InChI=1S/C37H22ClN3O/c38-25-13-8-12-24(22-25)35-39-36(29-21-20-26(23-10-2-1-3-11-23)27-14-4-5-15-28(27)29)41-37(40-35)31-17-9-19-33-34(31)30-16-6-7-18-32(30)42-33/h1-22H. The minimum absolute atomic E-state index is 0.554. The number of hydrogen-bond acceptors (Lipinski definition) is 4. The molecule has 0 saturated carbocycles. The molecule has 0 unspecified atom stereocenters. The van der Waals surface area contributed by atoms with E-state index in [1.54, 1.807) is 0 Å². The maximum absolute atomic E-state index is 6.41. The van der Waals surface area contributed by atoms with E-state index >= 15 is 0 Å². The fraction of sp³-hybridized carbons (Fsp3) is 0. The van der Waals surface area contributed by atoms with Crippen LogP contribution in [0.1, 0.15) is 0 Å². The van der Waals surface area contributed by atoms with E-state index in [-0.39, 0.29) is 0 Å². The van der Waals surface area contributed by atoms with Crippen molar-refractivity contribution in [2.45, 2.75) is 0 Å². The maximum atomic E-state index is 6.41. The van der Waals surface area contributed by atoms with Gasteiger partial charge in [-0.15, -0.1) is 0 Å². The summed E-state index contributed by atoms with van der Waals surface area (Å²) in [6.07, 6.45) is 0. The largest absolute Gasteiger partial charge is 0.456 e. The number of halogens is 1. The highest BCUT2D eigenvalue weighted by molar-refractivity contribution is 6.30. The van der Waals surface area contributed by atoms with Gasteiger partial charge in [0.05, 0.1) is 0 Å². The minimum atomic E-state index is 0.554. The van der Waals surface area contributed by atoms with E-state index in [0.717, 1.165) is 60.5 Å². The first-order valence-corrected chi connectivity index (χ1v) is 14.1. The summed E-state index contributed by atoms with van der Waals surface area (Å²) in [5, 5.41) is 4.82. The summed E-state index contributed by atoms with van der Waals surface area (Å²) < 4.78 is 6.18. The third-order valence-corrected chi connectivity index (χ3v) is 7.85.